The molecule has 1 amide bonds. The molecule has 174 valence electrons. The van der Waals surface area contributed by atoms with E-state index in [1.165, 1.54) is 28.7 Å². The summed E-state index contributed by atoms with van der Waals surface area (Å²) in [5, 5.41) is 15.2. The minimum absolute atomic E-state index is 0.0857. The second-order valence-electron chi connectivity index (χ2n) is 8.30. The van der Waals surface area contributed by atoms with E-state index in [0.717, 1.165) is 61.1 Å². The van der Waals surface area contributed by atoms with E-state index in [-0.39, 0.29) is 11.7 Å². The predicted molar refractivity (Wildman–Crippen MR) is 132 cm³/mol. The molecule has 3 aromatic rings. The summed E-state index contributed by atoms with van der Waals surface area (Å²) in [4.78, 5) is 19.4. The number of carbonyl (C=O) groups is 1. The van der Waals surface area contributed by atoms with Crippen LogP contribution in [0.1, 0.15) is 37.8 Å². The highest BCUT2D eigenvalue weighted by molar-refractivity contribution is 7.99. The minimum Gasteiger partial charge on any atom is -0.378 e. The summed E-state index contributed by atoms with van der Waals surface area (Å²) >= 11 is 2.88. The number of nitrogens with zero attached hydrogens (tertiary/aromatic N) is 5. The Morgan fingerprint density at radius 1 is 1.21 bits per heavy atom. The topological polar surface area (TPSA) is 85.2 Å². The van der Waals surface area contributed by atoms with Gasteiger partial charge in [0, 0.05) is 30.1 Å². The van der Waals surface area contributed by atoms with Crippen molar-refractivity contribution in [3.8, 4) is 11.3 Å². The number of aryl methyl sites for hydroxylation is 1. The Kier molecular flexibility index (Phi) is 6.93. The Morgan fingerprint density at radius 3 is 2.73 bits per heavy atom. The summed E-state index contributed by atoms with van der Waals surface area (Å²) in [5.41, 5.74) is 3.28. The summed E-state index contributed by atoms with van der Waals surface area (Å²) in [6, 6.07) is 8.92. The Balaban J connectivity index is 1.19. The zero-order valence-corrected chi connectivity index (χ0v) is 20.3. The fourth-order valence-electron chi connectivity index (χ4n) is 3.88. The van der Waals surface area contributed by atoms with Gasteiger partial charge >= 0.3 is 0 Å². The van der Waals surface area contributed by atoms with Crippen LogP contribution < -0.4 is 10.2 Å². The first-order chi connectivity index (χ1) is 16.2. The number of morpholine rings is 1. The van der Waals surface area contributed by atoms with E-state index in [0.29, 0.717) is 24.4 Å². The first-order valence-electron chi connectivity index (χ1n) is 11.5. The van der Waals surface area contributed by atoms with Crippen LogP contribution in [-0.2, 0) is 16.0 Å². The average molecular weight is 485 g/mol. The lowest BCUT2D eigenvalue weighted by Crippen LogP contribution is -2.38. The van der Waals surface area contributed by atoms with Crippen LogP contribution in [0.15, 0.2) is 34.8 Å². The fourth-order valence-corrected chi connectivity index (χ4v) is 5.42. The number of hydrogen-bond acceptors (Lipinski definition) is 8. The van der Waals surface area contributed by atoms with E-state index in [1.807, 2.05) is 5.38 Å². The third kappa shape index (κ3) is 5.39. The number of benzene rings is 1. The van der Waals surface area contributed by atoms with Crippen molar-refractivity contribution < 1.29 is 9.53 Å². The Labute approximate surface area is 201 Å². The van der Waals surface area contributed by atoms with Crippen LogP contribution >= 0.6 is 23.1 Å². The monoisotopic (exact) mass is 484 g/mol. The number of hydrogen-bond donors (Lipinski definition) is 1. The molecule has 1 N–H and O–H groups in total. The highest BCUT2D eigenvalue weighted by Gasteiger charge is 2.32. The summed E-state index contributed by atoms with van der Waals surface area (Å²) in [6.07, 6.45) is 4.49. The quantitative estimate of drug-likeness (QED) is 0.454. The first-order valence-corrected chi connectivity index (χ1v) is 13.3. The van der Waals surface area contributed by atoms with Gasteiger partial charge in [-0.3, -0.25) is 9.36 Å². The molecule has 1 aliphatic carbocycles. The molecule has 0 radical (unpaired) electrons. The predicted octanol–water partition coefficient (Wildman–Crippen LogP) is 4.26. The van der Waals surface area contributed by atoms with Crippen molar-refractivity contribution in [1.82, 2.24) is 19.7 Å². The van der Waals surface area contributed by atoms with E-state index in [9.17, 15) is 4.79 Å². The smallest absolute Gasteiger partial charge is 0.236 e. The molecule has 5 rings (SSSR count). The van der Waals surface area contributed by atoms with Crippen LogP contribution in [0.3, 0.4) is 0 Å². The van der Waals surface area contributed by atoms with Crippen LogP contribution in [0, 0.1) is 0 Å². The summed E-state index contributed by atoms with van der Waals surface area (Å²) in [5.74, 6) is 1.09. The number of nitrogens with one attached hydrogen (secondary N) is 1. The second kappa shape index (κ2) is 10.2. The van der Waals surface area contributed by atoms with Gasteiger partial charge in [0.15, 0.2) is 10.3 Å². The minimum atomic E-state index is -0.0857. The molecule has 0 unspecified atom stereocenters. The summed E-state index contributed by atoms with van der Waals surface area (Å²) < 4.78 is 7.66. The number of rotatable bonds is 9. The van der Waals surface area contributed by atoms with Crippen LogP contribution in [0.25, 0.3) is 11.3 Å². The lowest BCUT2D eigenvalue weighted by Gasteiger charge is -2.27. The number of thioether (sulfide) groups is 1. The van der Waals surface area contributed by atoms with Gasteiger partial charge in [-0.1, -0.05) is 49.4 Å². The van der Waals surface area contributed by atoms with Gasteiger partial charge in [-0.2, -0.15) is 0 Å². The molecule has 10 heteroatoms. The maximum atomic E-state index is 12.6. The van der Waals surface area contributed by atoms with Gasteiger partial charge in [0.2, 0.25) is 11.9 Å². The van der Waals surface area contributed by atoms with Crippen LogP contribution in [0.5, 0.6) is 0 Å². The van der Waals surface area contributed by atoms with Gasteiger partial charge in [0.1, 0.15) is 0 Å². The first kappa shape index (κ1) is 22.4. The average Bonchev–Trinajstić information content (AvgIpc) is 3.42. The highest BCUT2D eigenvalue weighted by Crippen LogP contribution is 2.41. The molecule has 1 aromatic carbocycles. The normalized spacial score (nSPS) is 16.2. The van der Waals surface area contributed by atoms with Crippen LogP contribution in [0.2, 0.25) is 0 Å². The van der Waals surface area contributed by atoms with Crippen molar-refractivity contribution in [2.24, 2.45) is 0 Å². The van der Waals surface area contributed by atoms with Crippen LogP contribution in [0.4, 0.5) is 11.1 Å². The van der Waals surface area contributed by atoms with Crippen molar-refractivity contribution in [2.45, 2.75) is 43.8 Å². The van der Waals surface area contributed by atoms with Gasteiger partial charge in [-0.15, -0.1) is 21.5 Å². The number of aromatic nitrogens is 4. The second-order valence-corrected chi connectivity index (χ2v) is 10.1. The van der Waals surface area contributed by atoms with Crippen molar-refractivity contribution in [1.29, 1.82) is 0 Å². The lowest BCUT2D eigenvalue weighted by atomic mass is 10.1. The molecule has 1 saturated carbocycles. The summed E-state index contributed by atoms with van der Waals surface area (Å²) in [7, 11) is 0. The molecular formula is C23H28N6O2S2. The van der Waals surface area contributed by atoms with E-state index in [4.69, 9.17) is 4.74 Å². The SMILES string of the molecule is CCCc1ccc(-c2csc(NC(=O)CSc3nnc(N4CCOCC4)n3C3CC3)n2)cc1. The van der Waals surface area contributed by atoms with Crippen molar-refractivity contribution in [2.75, 3.05) is 42.3 Å². The molecule has 2 aromatic heterocycles. The number of ether oxygens (including phenoxy) is 1. The maximum absolute atomic E-state index is 12.6. The van der Waals surface area contributed by atoms with Gasteiger partial charge in [-0.25, -0.2) is 4.98 Å². The van der Waals surface area contributed by atoms with Gasteiger partial charge in [0.05, 0.1) is 24.7 Å². The van der Waals surface area contributed by atoms with E-state index in [2.05, 4.69) is 61.2 Å². The standard InChI is InChI=1S/C23H28N6O2S2/c1-2-3-16-4-6-17(7-5-16)19-14-32-21(24-19)25-20(30)15-33-23-27-26-22(29(23)18-8-9-18)28-10-12-31-13-11-28/h4-7,14,18H,2-3,8-13,15H2,1H3,(H,24,25,30). The fraction of sp³-hybridized carbons (Fsp3) is 0.478. The highest BCUT2D eigenvalue weighted by atomic mass is 32.2. The lowest BCUT2D eigenvalue weighted by molar-refractivity contribution is -0.113. The van der Waals surface area contributed by atoms with E-state index in [1.54, 1.807) is 0 Å². The Morgan fingerprint density at radius 2 is 2.00 bits per heavy atom. The van der Waals surface area contributed by atoms with Gasteiger partial charge in [0.25, 0.3) is 0 Å². The molecule has 3 heterocycles. The van der Waals surface area contributed by atoms with E-state index >= 15 is 0 Å². The van der Waals surface area contributed by atoms with Crippen molar-refractivity contribution >= 4 is 40.1 Å². The number of anilines is 2. The third-order valence-corrected chi connectivity index (χ3v) is 7.42. The molecule has 2 fully saturated rings. The van der Waals surface area contributed by atoms with E-state index < -0.39 is 0 Å². The van der Waals surface area contributed by atoms with Crippen LogP contribution in [-0.4, -0.2) is 57.7 Å². The third-order valence-electron chi connectivity index (χ3n) is 5.72. The maximum Gasteiger partial charge on any atom is 0.236 e. The van der Waals surface area contributed by atoms with Gasteiger partial charge in [-0.05, 0) is 24.8 Å². The molecule has 8 nitrogen and oxygen atoms in total. The summed E-state index contributed by atoms with van der Waals surface area (Å²) in [6.45, 7) is 5.25. The van der Waals surface area contributed by atoms with Gasteiger partial charge < -0.3 is 15.0 Å². The molecule has 1 saturated heterocycles. The van der Waals surface area contributed by atoms with Crippen molar-refractivity contribution in [3.05, 3.63) is 35.2 Å². The number of carbonyl (C=O) groups excluding carboxylic acids is 1. The molecule has 2 aliphatic rings. The Hall–Kier alpha value is -2.43. The molecular weight excluding hydrogens is 456 g/mol. The number of thiazole rings is 1. The zero-order valence-electron chi connectivity index (χ0n) is 18.7. The molecule has 33 heavy (non-hydrogen) atoms. The van der Waals surface area contributed by atoms with Crippen molar-refractivity contribution in [3.63, 3.8) is 0 Å². The Bertz CT molecular complexity index is 1090. The zero-order chi connectivity index (χ0) is 22.6. The number of amides is 1. The molecule has 0 spiro atoms. The molecule has 0 bridgehead atoms. The molecule has 0 atom stereocenters. The molecule has 1 aliphatic heterocycles. The largest absolute Gasteiger partial charge is 0.378 e.